The molecule has 2 aliphatic rings. The summed E-state index contributed by atoms with van der Waals surface area (Å²) in [4.78, 5) is 4.18. The van der Waals surface area contributed by atoms with E-state index in [0.717, 1.165) is 19.3 Å². The van der Waals surface area contributed by atoms with Gasteiger partial charge in [0.05, 0.1) is 27.5 Å². The zero-order chi connectivity index (χ0) is 46.0. The quantitative estimate of drug-likeness (QED) is 0.165. The van der Waals surface area contributed by atoms with Gasteiger partial charge in [-0.1, -0.05) is 207 Å². The molecule has 10 aromatic carbocycles. The van der Waals surface area contributed by atoms with Gasteiger partial charge in [-0.3, -0.25) is 0 Å². The number of aromatic nitrogens is 2. The monoisotopic (exact) mass is 882 g/mol. The maximum Gasteiger partial charge on any atom is 0.0727 e. The van der Waals surface area contributed by atoms with Gasteiger partial charge in [-0.05, 0) is 110 Å². The highest BCUT2D eigenvalue weighted by Gasteiger charge is 2.53. The van der Waals surface area contributed by atoms with Crippen LogP contribution in [-0.2, 0) is 18.9 Å². The van der Waals surface area contributed by atoms with E-state index in [-0.39, 0.29) is 0 Å². The van der Waals surface area contributed by atoms with Crippen LogP contribution in [0.1, 0.15) is 53.1 Å². The van der Waals surface area contributed by atoms with Crippen molar-refractivity contribution in [3.8, 4) is 66.8 Å². The topological polar surface area (TPSA) is 20.7 Å². The molecule has 0 saturated carbocycles. The third kappa shape index (κ3) is 5.55. The van der Waals surface area contributed by atoms with E-state index in [2.05, 4.69) is 237 Å². The number of benzene rings is 10. The van der Waals surface area contributed by atoms with Crippen LogP contribution in [0.4, 0.5) is 0 Å². The summed E-state index contributed by atoms with van der Waals surface area (Å²) in [5, 5.41) is 5.10. The molecule has 2 nitrogen and oxygen atoms in total. The van der Waals surface area contributed by atoms with E-state index in [1.807, 2.05) is 0 Å². The first-order valence-electron chi connectivity index (χ1n) is 24.7. The summed E-state index contributed by atoms with van der Waals surface area (Å²) in [6, 6.07) is 77.7. The van der Waals surface area contributed by atoms with Crippen LogP contribution in [0.15, 0.2) is 206 Å². The number of nitrogens with one attached hydrogen (secondary N) is 1. The van der Waals surface area contributed by atoms with Gasteiger partial charge in [-0.15, -0.1) is 0 Å². The number of fused-ring (bicyclic) bond motifs is 18. The Morgan fingerprint density at radius 1 is 0.406 bits per heavy atom. The second-order valence-corrected chi connectivity index (χ2v) is 19.5. The Hall–Kier alpha value is -8.20. The molecule has 1 N–H and O–H groups in total. The van der Waals surface area contributed by atoms with Crippen molar-refractivity contribution in [1.29, 1.82) is 0 Å². The first-order valence-corrected chi connectivity index (χ1v) is 24.7. The number of aryl methyl sites for hydroxylation is 3. The van der Waals surface area contributed by atoms with Gasteiger partial charge in [-0.2, -0.15) is 0 Å². The zero-order valence-electron chi connectivity index (χ0n) is 39.2. The van der Waals surface area contributed by atoms with E-state index in [4.69, 9.17) is 0 Å². The summed E-state index contributed by atoms with van der Waals surface area (Å²) in [6.45, 7) is 4.54. The van der Waals surface area contributed by atoms with Gasteiger partial charge in [0.25, 0.3) is 0 Å². The molecule has 2 aromatic heterocycles. The third-order valence-corrected chi connectivity index (χ3v) is 15.9. The number of hydrogen-bond acceptors (Lipinski definition) is 0. The van der Waals surface area contributed by atoms with Crippen molar-refractivity contribution in [3.63, 3.8) is 0 Å². The molecule has 0 radical (unpaired) electrons. The molecule has 2 heterocycles. The molecular formula is C67H50N2. The van der Waals surface area contributed by atoms with E-state index in [1.165, 1.54) is 144 Å². The lowest BCUT2D eigenvalue weighted by Gasteiger charge is -2.30. The fraction of sp³-hybridized carbons (Fsp3) is 0.104. The highest BCUT2D eigenvalue weighted by Crippen LogP contribution is 2.65. The van der Waals surface area contributed by atoms with Crippen molar-refractivity contribution in [2.45, 2.75) is 38.5 Å². The number of H-pyrrole nitrogens is 1. The van der Waals surface area contributed by atoms with Crippen molar-refractivity contribution in [2.75, 3.05) is 0 Å². The number of nitrogens with zero attached hydrogens (tertiary/aromatic N) is 1. The second kappa shape index (κ2) is 15.2. The van der Waals surface area contributed by atoms with Crippen LogP contribution in [0, 0.1) is 6.92 Å². The highest BCUT2D eigenvalue weighted by molar-refractivity contribution is 6.21. The molecule has 14 rings (SSSR count). The van der Waals surface area contributed by atoms with Crippen LogP contribution in [0.3, 0.4) is 0 Å². The first-order chi connectivity index (χ1) is 34.0. The van der Waals surface area contributed by atoms with Gasteiger partial charge in [0.15, 0.2) is 0 Å². The molecule has 328 valence electrons. The Morgan fingerprint density at radius 2 is 0.957 bits per heavy atom. The second-order valence-electron chi connectivity index (χ2n) is 19.5. The molecule has 69 heavy (non-hydrogen) atoms. The van der Waals surface area contributed by atoms with Gasteiger partial charge in [-0.25, -0.2) is 0 Å². The van der Waals surface area contributed by atoms with Crippen molar-refractivity contribution in [2.24, 2.45) is 7.05 Å². The number of rotatable bonds is 7. The molecule has 0 bridgehead atoms. The maximum absolute atomic E-state index is 4.18. The predicted molar refractivity (Wildman–Crippen MR) is 291 cm³/mol. The lowest BCUT2D eigenvalue weighted by atomic mass is 9.70. The standard InChI is InChI=1S/C67H50N2/c1-4-5-18-44-33-34-46(43-21-10-7-11-22-43)40-56(44)48-26-16-25-47-49-35-37-59-61(64(49)68-63(47)48)53-23-12-14-29-57(53)67(59)58-30-15-13-24-54(58)62-60(67)38-36-52-50-27-17-28-51(65(50)69(3)66(52)62)55-39-45(32-31-41(55)2)42-19-8-6-9-20-42/h6-17,19-40,68H,4-5,18H2,1-3H3. The van der Waals surface area contributed by atoms with Crippen LogP contribution in [-0.4, -0.2) is 9.55 Å². The lowest BCUT2D eigenvalue weighted by molar-refractivity contribution is 0.794. The molecule has 0 fully saturated rings. The summed E-state index contributed by atoms with van der Waals surface area (Å²) in [5.74, 6) is 0. The number of aromatic amines is 1. The molecule has 0 amide bonds. The average Bonchev–Trinajstić information content (AvgIpc) is 4.12. The minimum Gasteiger partial charge on any atom is -0.353 e. The Labute approximate surface area is 403 Å². The minimum absolute atomic E-state index is 0.502. The maximum atomic E-state index is 4.18. The molecule has 12 aromatic rings. The molecule has 1 unspecified atom stereocenters. The Kier molecular flexibility index (Phi) is 8.77. The van der Waals surface area contributed by atoms with Crippen molar-refractivity contribution in [1.82, 2.24) is 9.55 Å². The van der Waals surface area contributed by atoms with Gasteiger partial charge in [0.1, 0.15) is 0 Å². The fourth-order valence-electron chi connectivity index (χ4n) is 12.9. The molecule has 1 atom stereocenters. The minimum atomic E-state index is -0.502. The Bertz CT molecular complexity index is 4070. The Balaban J connectivity index is 1.01. The van der Waals surface area contributed by atoms with E-state index in [9.17, 15) is 0 Å². The normalized spacial score (nSPS) is 14.5. The molecule has 2 aliphatic carbocycles. The van der Waals surface area contributed by atoms with Crippen molar-refractivity contribution in [3.05, 3.63) is 240 Å². The molecule has 2 heteroatoms. The summed E-state index contributed by atoms with van der Waals surface area (Å²) in [7, 11) is 2.30. The molecular weight excluding hydrogens is 833 g/mol. The van der Waals surface area contributed by atoms with E-state index < -0.39 is 5.41 Å². The number of hydrogen-bond donors (Lipinski definition) is 1. The summed E-state index contributed by atoms with van der Waals surface area (Å²) in [5.41, 5.74) is 27.9. The molecule has 0 aliphatic heterocycles. The van der Waals surface area contributed by atoms with Gasteiger partial charge in [0, 0.05) is 50.8 Å². The highest BCUT2D eigenvalue weighted by atomic mass is 14.9. The Morgan fingerprint density at radius 3 is 1.67 bits per heavy atom. The van der Waals surface area contributed by atoms with E-state index >= 15 is 0 Å². The summed E-state index contributed by atoms with van der Waals surface area (Å²) in [6.07, 6.45) is 3.37. The van der Waals surface area contributed by atoms with E-state index in [1.54, 1.807) is 0 Å². The predicted octanol–water partition coefficient (Wildman–Crippen LogP) is 17.6. The van der Waals surface area contributed by atoms with Crippen LogP contribution in [0.2, 0.25) is 0 Å². The zero-order valence-corrected chi connectivity index (χ0v) is 39.2. The van der Waals surface area contributed by atoms with Crippen LogP contribution >= 0.6 is 0 Å². The summed E-state index contributed by atoms with van der Waals surface area (Å²) < 4.78 is 2.51. The summed E-state index contributed by atoms with van der Waals surface area (Å²) >= 11 is 0. The molecule has 0 saturated heterocycles. The van der Waals surface area contributed by atoms with Gasteiger partial charge >= 0.3 is 0 Å². The largest absolute Gasteiger partial charge is 0.353 e. The van der Waals surface area contributed by atoms with Crippen molar-refractivity contribution < 1.29 is 0 Å². The van der Waals surface area contributed by atoms with Crippen LogP contribution in [0.5, 0.6) is 0 Å². The average molecular weight is 883 g/mol. The number of unbranched alkanes of at least 4 members (excludes halogenated alkanes) is 1. The third-order valence-electron chi connectivity index (χ3n) is 15.9. The van der Waals surface area contributed by atoms with Crippen LogP contribution in [0.25, 0.3) is 110 Å². The first kappa shape index (κ1) is 39.9. The SMILES string of the molecule is CCCCc1ccc(-c2ccccc2)cc1-c1cccc2c1[nH]c1c3c(ccc12)C1(c2ccccc2-3)c2ccccc2-c2c1ccc1c3cccc(-c4cc(-c5ccccc5)ccc4C)c3n(C)c21. The van der Waals surface area contributed by atoms with Gasteiger partial charge < -0.3 is 9.55 Å². The van der Waals surface area contributed by atoms with Crippen molar-refractivity contribution >= 4 is 43.6 Å². The molecule has 1 spiro atoms. The van der Waals surface area contributed by atoms with E-state index in [0.29, 0.717) is 0 Å². The number of para-hydroxylation sites is 2. The fourth-order valence-corrected chi connectivity index (χ4v) is 12.9. The smallest absolute Gasteiger partial charge is 0.0727 e. The lowest BCUT2D eigenvalue weighted by Crippen LogP contribution is -2.25. The van der Waals surface area contributed by atoms with Crippen LogP contribution < -0.4 is 0 Å². The van der Waals surface area contributed by atoms with Gasteiger partial charge in [0.2, 0.25) is 0 Å².